The lowest BCUT2D eigenvalue weighted by molar-refractivity contribution is -0.384. The fraction of sp³-hybridized carbons (Fsp3) is 0.333. The van der Waals surface area contributed by atoms with Crippen LogP contribution >= 0.6 is 11.3 Å². The van der Waals surface area contributed by atoms with E-state index < -0.39 is 4.92 Å². The number of aromatic nitrogens is 2. The van der Waals surface area contributed by atoms with Crippen LogP contribution in [0.15, 0.2) is 39.9 Å². The molecule has 0 N–H and O–H groups in total. The Labute approximate surface area is 153 Å². The molecule has 3 rings (SSSR count). The molecule has 2 heterocycles. The summed E-state index contributed by atoms with van der Waals surface area (Å²) in [5, 5.41) is 11.3. The van der Waals surface area contributed by atoms with E-state index in [-0.39, 0.29) is 22.9 Å². The van der Waals surface area contributed by atoms with Gasteiger partial charge in [-0.3, -0.25) is 24.0 Å². The summed E-state index contributed by atoms with van der Waals surface area (Å²) in [7, 11) is 1.49. The molecule has 0 unspecified atom stereocenters. The van der Waals surface area contributed by atoms with Gasteiger partial charge in [-0.25, -0.2) is 4.79 Å². The molecular formula is C18H19N3O4S. The molecule has 2 aromatic heterocycles. The predicted molar refractivity (Wildman–Crippen MR) is 102 cm³/mol. The van der Waals surface area contributed by atoms with Gasteiger partial charge in [0.2, 0.25) is 0 Å². The van der Waals surface area contributed by atoms with Gasteiger partial charge < -0.3 is 0 Å². The lowest BCUT2D eigenvalue weighted by Crippen LogP contribution is -2.38. The quantitative estimate of drug-likeness (QED) is 0.508. The van der Waals surface area contributed by atoms with E-state index in [1.54, 1.807) is 16.7 Å². The molecule has 26 heavy (non-hydrogen) atoms. The highest BCUT2D eigenvalue weighted by Crippen LogP contribution is 2.25. The number of nitrogens with zero attached hydrogens (tertiary/aromatic N) is 3. The molecule has 0 atom stereocenters. The van der Waals surface area contributed by atoms with Crippen molar-refractivity contribution in [3.63, 3.8) is 0 Å². The maximum Gasteiger partial charge on any atom is 0.331 e. The van der Waals surface area contributed by atoms with E-state index in [0.717, 1.165) is 15.0 Å². The zero-order valence-electron chi connectivity index (χ0n) is 14.8. The standard InChI is InChI=1S/C18H19N3O4S/c1-11(2)10-20-17-15(16(22)19(3)18(20)23)9-14(26-17)8-12-4-6-13(7-5-12)21(24)25/h4-7,9,11H,8,10H2,1-3H3. The third-order valence-electron chi connectivity index (χ3n) is 4.13. The number of fused-ring (bicyclic) bond motifs is 1. The van der Waals surface area contributed by atoms with Crippen LogP contribution < -0.4 is 11.2 Å². The summed E-state index contributed by atoms with van der Waals surface area (Å²) in [5.41, 5.74) is 0.359. The summed E-state index contributed by atoms with van der Waals surface area (Å²) >= 11 is 1.42. The van der Waals surface area contributed by atoms with E-state index in [1.165, 1.54) is 30.5 Å². The van der Waals surface area contributed by atoms with Crippen molar-refractivity contribution < 1.29 is 4.92 Å². The van der Waals surface area contributed by atoms with E-state index in [1.807, 2.05) is 19.9 Å². The van der Waals surface area contributed by atoms with Gasteiger partial charge in [0.15, 0.2) is 0 Å². The topological polar surface area (TPSA) is 87.1 Å². The number of benzene rings is 1. The van der Waals surface area contributed by atoms with Crippen LogP contribution in [0.5, 0.6) is 0 Å². The number of hydrogen-bond acceptors (Lipinski definition) is 5. The van der Waals surface area contributed by atoms with Crippen LogP contribution in [0.4, 0.5) is 5.69 Å². The number of hydrogen-bond donors (Lipinski definition) is 0. The van der Waals surface area contributed by atoms with Gasteiger partial charge in [-0.1, -0.05) is 26.0 Å². The SMILES string of the molecule is CC(C)Cn1c(=O)n(C)c(=O)c2cc(Cc3ccc([N+](=O)[O-])cc3)sc21. The van der Waals surface area contributed by atoms with Gasteiger partial charge >= 0.3 is 5.69 Å². The Hall–Kier alpha value is -2.74. The Morgan fingerprint density at radius 3 is 2.42 bits per heavy atom. The second-order valence-corrected chi connectivity index (χ2v) is 7.80. The van der Waals surface area contributed by atoms with Gasteiger partial charge in [-0.15, -0.1) is 11.3 Å². The van der Waals surface area contributed by atoms with Crippen LogP contribution in [-0.4, -0.2) is 14.1 Å². The Morgan fingerprint density at radius 1 is 1.19 bits per heavy atom. The second-order valence-electron chi connectivity index (χ2n) is 6.68. The van der Waals surface area contributed by atoms with Crippen molar-refractivity contribution in [1.82, 2.24) is 9.13 Å². The van der Waals surface area contributed by atoms with Crippen molar-refractivity contribution in [3.05, 3.63) is 71.7 Å². The number of rotatable bonds is 5. The lowest BCUT2D eigenvalue weighted by Gasteiger charge is -2.11. The van der Waals surface area contributed by atoms with E-state index in [2.05, 4.69) is 0 Å². The maximum atomic E-state index is 12.5. The summed E-state index contributed by atoms with van der Waals surface area (Å²) in [6.45, 7) is 4.59. The summed E-state index contributed by atoms with van der Waals surface area (Å²) in [5.74, 6) is 0.272. The zero-order valence-corrected chi connectivity index (χ0v) is 15.6. The average molecular weight is 373 g/mol. The molecule has 8 heteroatoms. The van der Waals surface area contributed by atoms with Crippen molar-refractivity contribution >= 4 is 27.2 Å². The first-order valence-corrected chi connectivity index (χ1v) is 9.05. The largest absolute Gasteiger partial charge is 0.331 e. The monoisotopic (exact) mass is 373 g/mol. The van der Waals surface area contributed by atoms with E-state index in [9.17, 15) is 19.7 Å². The van der Waals surface area contributed by atoms with Crippen molar-refractivity contribution in [1.29, 1.82) is 0 Å². The average Bonchev–Trinajstić information content (AvgIpc) is 3.01. The van der Waals surface area contributed by atoms with Crippen LogP contribution in [0.25, 0.3) is 10.2 Å². The Kier molecular flexibility index (Phi) is 4.78. The minimum atomic E-state index is -0.433. The molecule has 7 nitrogen and oxygen atoms in total. The molecule has 0 fully saturated rings. The molecule has 0 amide bonds. The summed E-state index contributed by atoms with van der Waals surface area (Å²) < 4.78 is 2.80. The fourth-order valence-electron chi connectivity index (χ4n) is 2.87. The molecule has 1 aromatic carbocycles. The van der Waals surface area contributed by atoms with E-state index in [4.69, 9.17) is 0 Å². The summed E-state index contributed by atoms with van der Waals surface area (Å²) in [4.78, 5) is 36.9. The van der Waals surface area contributed by atoms with Gasteiger partial charge in [-0.2, -0.15) is 0 Å². The van der Waals surface area contributed by atoms with Gasteiger partial charge in [-0.05, 0) is 17.5 Å². The van der Waals surface area contributed by atoms with Crippen molar-refractivity contribution in [2.24, 2.45) is 13.0 Å². The summed E-state index contributed by atoms with van der Waals surface area (Å²) in [6, 6.07) is 8.18. The van der Waals surface area contributed by atoms with Gasteiger partial charge in [0.1, 0.15) is 4.83 Å². The Morgan fingerprint density at radius 2 is 1.85 bits per heavy atom. The highest BCUT2D eigenvalue weighted by molar-refractivity contribution is 7.18. The van der Waals surface area contributed by atoms with Crippen molar-refractivity contribution in [2.45, 2.75) is 26.8 Å². The first-order chi connectivity index (χ1) is 12.3. The molecule has 136 valence electrons. The molecule has 0 saturated carbocycles. The third kappa shape index (κ3) is 3.32. The lowest BCUT2D eigenvalue weighted by atomic mass is 10.1. The predicted octanol–water partition coefficient (Wildman–Crippen LogP) is 2.92. The highest BCUT2D eigenvalue weighted by Gasteiger charge is 2.16. The second kappa shape index (κ2) is 6.87. The molecule has 0 radical (unpaired) electrons. The van der Waals surface area contributed by atoms with Crippen molar-refractivity contribution in [3.8, 4) is 0 Å². The zero-order chi connectivity index (χ0) is 19.0. The number of thiophene rings is 1. The van der Waals surface area contributed by atoms with Gasteiger partial charge in [0.05, 0.1) is 10.3 Å². The molecular weight excluding hydrogens is 354 g/mol. The van der Waals surface area contributed by atoms with Crippen molar-refractivity contribution in [2.75, 3.05) is 0 Å². The maximum absolute atomic E-state index is 12.5. The molecule has 0 aliphatic rings. The first-order valence-electron chi connectivity index (χ1n) is 8.23. The Balaban J connectivity index is 2.05. The smallest absolute Gasteiger partial charge is 0.284 e. The van der Waals surface area contributed by atoms with Crippen LogP contribution in [0.2, 0.25) is 0 Å². The Bertz CT molecular complexity index is 1090. The minimum absolute atomic E-state index is 0.0460. The normalized spacial score (nSPS) is 11.4. The van der Waals surface area contributed by atoms with Gasteiger partial charge in [0, 0.05) is 37.0 Å². The van der Waals surface area contributed by atoms with Gasteiger partial charge in [0.25, 0.3) is 11.2 Å². The van der Waals surface area contributed by atoms with Crippen LogP contribution in [-0.2, 0) is 20.0 Å². The molecule has 0 aliphatic carbocycles. The van der Waals surface area contributed by atoms with E-state index in [0.29, 0.717) is 23.2 Å². The third-order valence-corrected chi connectivity index (χ3v) is 5.29. The van der Waals surface area contributed by atoms with Crippen LogP contribution in [0.3, 0.4) is 0 Å². The van der Waals surface area contributed by atoms with Crippen LogP contribution in [0.1, 0.15) is 24.3 Å². The molecule has 0 aliphatic heterocycles. The number of nitro groups is 1. The molecule has 3 aromatic rings. The van der Waals surface area contributed by atoms with Crippen LogP contribution in [0, 0.1) is 16.0 Å². The fourth-order valence-corrected chi connectivity index (χ4v) is 4.05. The van der Waals surface area contributed by atoms with E-state index >= 15 is 0 Å². The number of non-ortho nitro benzene ring substituents is 1. The highest BCUT2D eigenvalue weighted by atomic mass is 32.1. The molecule has 0 saturated heterocycles. The molecule has 0 spiro atoms. The molecule has 0 bridgehead atoms. The summed E-state index contributed by atoms with van der Waals surface area (Å²) in [6.07, 6.45) is 0.552. The number of nitro benzene ring substituents is 1. The first kappa shape index (κ1) is 18.1. The minimum Gasteiger partial charge on any atom is -0.284 e.